The summed E-state index contributed by atoms with van der Waals surface area (Å²) in [5, 5.41) is 0. The Hall–Kier alpha value is -0.260. The Morgan fingerprint density at radius 1 is 1.40 bits per heavy atom. The number of rotatable bonds is 4. The molecule has 0 aliphatic rings. The molecule has 1 atom stereocenters. The van der Waals surface area contributed by atoms with Gasteiger partial charge in [0.2, 0.25) is 0 Å². The van der Waals surface area contributed by atoms with Gasteiger partial charge in [-0.2, -0.15) is 0 Å². The van der Waals surface area contributed by atoms with Gasteiger partial charge in [-0.05, 0) is 18.3 Å². The van der Waals surface area contributed by atoms with Crippen LogP contribution in [0.1, 0.15) is 41.0 Å². The van der Waals surface area contributed by atoms with Gasteiger partial charge in [-0.15, -0.1) is 6.58 Å². The monoisotopic (exact) mass is 142 g/mol. The molecule has 0 fully saturated rings. The van der Waals surface area contributed by atoms with Gasteiger partial charge in [0.15, 0.2) is 0 Å². The molecule has 0 saturated carbocycles. The number of hydrogen-bond donors (Lipinski definition) is 0. The molecule has 0 spiro atoms. The lowest BCUT2D eigenvalue weighted by Crippen LogP contribution is -2.03. The average Bonchev–Trinajstić information content (AvgIpc) is 1.82. The molecule has 0 N–H and O–H groups in total. The summed E-state index contributed by atoms with van der Waals surface area (Å²) in [6.45, 7) is 10.5. The van der Waals surface area contributed by atoms with Crippen molar-refractivity contribution in [3.8, 4) is 0 Å². The Labute approximate surface area is 66.3 Å². The summed E-state index contributed by atoms with van der Waals surface area (Å²) in [7, 11) is 0. The van der Waals surface area contributed by atoms with Crippen LogP contribution in [0.4, 0.5) is 0 Å². The molecule has 0 heteroatoms. The van der Waals surface area contributed by atoms with Gasteiger partial charge in [0.25, 0.3) is 0 Å². The normalized spacial score (nSPS) is 12.4. The molecule has 0 aromatic carbocycles. The minimum atomic E-state index is 0. The van der Waals surface area contributed by atoms with E-state index in [1.54, 1.807) is 0 Å². The van der Waals surface area contributed by atoms with Crippen LogP contribution in [-0.4, -0.2) is 0 Å². The first-order chi connectivity index (χ1) is 4.22. The first kappa shape index (κ1) is 12.4. The molecule has 0 aromatic heterocycles. The molecule has 0 aliphatic heterocycles. The minimum absolute atomic E-state index is 0. The molecule has 0 aliphatic carbocycles. The van der Waals surface area contributed by atoms with Crippen LogP contribution in [-0.2, 0) is 0 Å². The summed E-state index contributed by atoms with van der Waals surface area (Å²) in [4.78, 5) is 0. The summed E-state index contributed by atoms with van der Waals surface area (Å²) >= 11 is 0. The van der Waals surface area contributed by atoms with Crippen molar-refractivity contribution < 1.29 is 0 Å². The van der Waals surface area contributed by atoms with Gasteiger partial charge >= 0.3 is 0 Å². The Morgan fingerprint density at radius 3 is 2.00 bits per heavy atom. The predicted octanol–water partition coefficient (Wildman–Crippen LogP) is 3.88. The van der Waals surface area contributed by atoms with Crippen LogP contribution >= 0.6 is 0 Å². The van der Waals surface area contributed by atoms with Crippen LogP contribution < -0.4 is 0 Å². The SMILES string of the molecule is C.C=C[C@H](CCC)C(C)C. The highest BCUT2D eigenvalue weighted by molar-refractivity contribution is 4.80. The maximum atomic E-state index is 3.80. The zero-order chi connectivity index (χ0) is 7.28. The third-order valence-corrected chi connectivity index (χ3v) is 1.78. The maximum absolute atomic E-state index is 3.80. The highest BCUT2D eigenvalue weighted by atomic mass is 14.1. The van der Waals surface area contributed by atoms with Crippen molar-refractivity contribution >= 4 is 0 Å². The van der Waals surface area contributed by atoms with Crippen molar-refractivity contribution in [1.82, 2.24) is 0 Å². The quantitative estimate of drug-likeness (QED) is 0.522. The van der Waals surface area contributed by atoms with E-state index < -0.39 is 0 Å². The first-order valence-electron chi connectivity index (χ1n) is 3.84. The second kappa shape index (κ2) is 6.85. The van der Waals surface area contributed by atoms with Crippen molar-refractivity contribution in [2.24, 2.45) is 11.8 Å². The summed E-state index contributed by atoms with van der Waals surface area (Å²) < 4.78 is 0. The molecular weight excluding hydrogens is 120 g/mol. The fraction of sp³-hybridized carbons (Fsp3) is 0.800. The molecular formula is C10H22. The van der Waals surface area contributed by atoms with E-state index in [1.807, 2.05) is 0 Å². The molecule has 0 aromatic rings. The van der Waals surface area contributed by atoms with E-state index in [1.165, 1.54) is 12.8 Å². The average molecular weight is 142 g/mol. The number of allylic oxidation sites excluding steroid dienone is 1. The Bertz CT molecular complexity index is 72.1. The van der Waals surface area contributed by atoms with E-state index >= 15 is 0 Å². The lowest BCUT2D eigenvalue weighted by Gasteiger charge is -2.14. The van der Waals surface area contributed by atoms with Crippen LogP contribution in [0.5, 0.6) is 0 Å². The van der Waals surface area contributed by atoms with E-state index in [0.717, 1.165) is 11.8 Å². The number of hydrogen-bond acceptors (Lipinski definition) is 0. The van der Waals surface area contributed by atoms with Gasteiger partial charge in [0.1, 0.15) is 0 Å². The fourth-order valence-electron chi connectivity index (χ4n) is 1.06. The zero-order valence-electron chi connectivity index (χ0n) is 6.85. The molecule has 0 saturated heterocycles. The summed E-state index contributed by atoms with van der Waals surface area (Å²) in [6, 6.07) is 0. The van der Waals surface area contributed by atoms with Gasteiger partial charge in [0.05, 0.1) is 0 Å². The van der Waals surface area contributed by atoms with Gasteiger partial charge < -0.3 is 0 Å². The lowest BCUT2D eigenvalue weighted by atomic mass is 9.92. The van der Waals surface area contributed by atoms with E-state index in [9.17, 15) is 0 Å². The van der Waals surface area contributed by atoms with Crippen molar-refractivity contribution in [3.05, 3.63) is 12.7 Å². The van der Waals surface area contributed by atoms with E-state index in [4.69, 9.17) is 0 Å². The minimum Gasteiger partial charge on any atom is -0.103 e. The van der Waals surface area contributed by atoms with Crippen LogP contribution in [0, 0.1) is 11.8 Å². The molecule has 0 heterocycles. The van der Waals surface area contributed by atoms with Crippen molar-refractivity contribution in [2.75, 3.05) is 0 Å². The van der Waals surface area contributed by atoms with Gasteiger partial charge in [-0.25, -0.2) is 0 Å². The molecule has 0 radical (unpaired) electrons. The third-order valence-electron chi connectivity index (χ3n) is 1.78. The zero-order valence-corrected chi connectivity index (χ0v) is 6.85. The second-order valence-electron chi connectivity index (χ2n) is 2.93. The maximum Gasteiger partial charge on any atom is -0.0213 e. The van der Waals surface area contributed by atoms with E-state index in [2.05, 4.69) is 33.4 Å². The third kappa shape index (κ3) is 4.60. The molecule has 62 valence electrons. The smallest absolute Gasteiger partial charge is 0.0213 e. The first-order valence-corrected chi connectivity index (χ1v) is 3.84. The van der Waals surface area contributed by atoms with Gasteiger partial charge in [-0.3, -0.25) is 0 Å². The largest absolute Gasteiger partial charge is 0.103 e. The van der Waals surface area contributed by atoms with E-state index in [-0.39, 0.29) is 7.43 Å². The van der Waals surface area contributed by atoms with Crippen LogP contribution in [0.25, 0.3) is 0 Å². The molecule has 0 nitrogen and oxygen atoms in total. The Morgan fingerprint density at radius 2 is 1.90 bits per heavy atom. The van der Waals surface area contributed by atoms with Crippen LogP contribution in [0.3, 0.4) is 0 Å². The second-order valence-corrected chi connectivity index (χ2v) is 2.93. The van der Waals surface area contributed by atoms with Crippen molar-refractivity contribution in [1.29, 1.82) is 0 Å². The molecule has 0 amide bonds. The summed E-state index contributed by atoms with van der Waals surface area (Å²) in [6.07, 6.45) is 4.64. The highest BCUT2D eigenvalue weighted by Gasteiger charge is 2.05. The molecule has 0 unspecified atom stereocenters. The lowest BCUT2D eigenvalue weighted by molar-refractivity contribution is 0.433. The molecule has 0 rings (SSSR count). The van der Waals surface area contributed by atoms with Gasteiger partial charge in [-0.1, -0.05) is 40.7 Å². The predicted molar refractivity (Wildman–Crippen MR) is 50.2 cm³/mol. The standard InChI is InChI=1S/C9H18.CH4/c1-5-7-9(6-2)8(3)4;/h6,8-9H,2,5,7H2,1,3-4H3;1H4/t9-;/m1./s1. The Balaban J connectivity index is 0. The van der Waals surface area contributed by atoms with Gasteiger partial charge in [0, 0.05) is 0 Å². The fourth-order valence-corrected chi connectivity index (χ4v) is 1.06. The summed E-state index contributed by atoms with van der Waals surface area (Å²) in [5.74, 6) is 1.50. The Kier molecular flexibility index (Phi) is 8.51. The summed E-state index contributed by atoms with van der Waals surface area (Å²) in [5.41, 5.74) is 0. The highest BCUT2D eigenvalue weighted by Crippen LogP contribution is 2.16. The van der Waals surface area contributed by atoms with Crippen molar-refractivity contribution in [2.45, 2.75) is 41.0 Å². The topological polar surface area (TPSA) is 0 Å². The van der Waals surface area contributed by atoms with E-state index in [0.29, 0.717) is 0 Å². The van der Waals surface area contributed by atoms with Crippen LogP contribution in [0.15, 0.2) is 12.7 Å². The molecule has 10 heavy (non-hydrogen) atoms. The van der Waals surface area contributed by atoms with Crippen molar-refractivity contribution in [3.63, 3.8) is 0 Å². The molecule has 0 bridgehead atoms. The van der Waals surface area contributed by atoms with Crippen LogP contribution in [0.2, 0.25) is 0 Å².